The average Bonchev–Trinajstić information content (AvgIpc) is 2.45. The number of nitrogens with two attached hydrogens (primary N) is 1. The summed E-state index contributed by atoms with van der Waals surface area (Å²) in [6, 6.07) is 11.0. The highest BCUT2D eigenvalue weighted by Crippen LogP contribution is 2.21. The first-order valence-corrected chi connectivity index (χ1v) is 6.22. The molecule has 0 aromatic heterocycles. The lowest BCUT2D eigenvalue weighted by atomic mass is 10.0. The van der Waals surface area contributed by atoms with E-state index < -0.39 is 17.3 Å². The van der Waals surface area contributed by atoms with Crippen LogP contribution in [0.4, 0.5) is 13.4 Å². The van der Waals surface area contributed by atoms with Gasteiger partial charge in [0.2, 0.25) is 5.91 Å². The van der Waals surface area contributed by atoms with Gasteiger partial charge in [-0.05, 0) is 28.8 Å². The van der Waals surface area contributed by atoms with Crippen LogP contribution >= 0.6 is 0 Å². The number of halogens is 3. The summed E-state index contributed by atoms with van der Waals surface area (Å²) in [4.78, 5) is 10.9. The highest BCUT2D eigenvalue weighted by molar-refractivity contribution is 5.80. The number of primary amides is 1. The molecule has 2 aromatic carbocycles. The number of hydrogen-bond donors (Lipinski definition) is 1. The van der Waals surface area contributed by atoms with Crippen LogP contribution < -0.4 is 5.73 Å². The molecule has 0 radical (unpaired) electrons. The average molecular weight is 294 g/mol. The van der Waals surface area contributed by atoms with Crippen molar-refractivity contribution < 1.29 is 18.1 Å². The number of carbonyl (C=O) groups excluding carboxylic acids is 1. The van der Waals surface area contributed by atoms with Gasteiger partial charge in [-0.25, -0.2) is 4.39 Å². The van der Waals surface area contributed by atoms with Gasteiger partial charge in [0.15, 0.2) is 6.04 Å². The van der Waals surface area contributed by atoms with E-state index in [4.69, 9.17) is 5.73 Å². The molecule has 0 saturated heterocycles. The van der Waals surface area contributed by atoms with Crippen molar-refractivity contribution in [3.63, 3.8) is 0 Å². The first kappa shape index (κ1) is 15.1. The Kier molecular flexibility index (Phi) is 4.59. The smallest absolute Gasteiger partial charge is 0.240 e. The minimum absolute atomic E-state index is 0.175. The van der Waals surface area contributed by atoms with Crippen LogP contribution in [0.25, 0.3) is 11.1 Å². The van der Waals surface area contributed by atoms with E-state index in [1.54, 1.807) is 36.4 Å². The van der Waals surface area contributed by atoms with Gasteiger partial charge in [-0.3, -0.25) is 4.79 Å². The lowest BCUT2D eigenvalue weighted by Crippen LogP contribution is -2.38. The topological polar surface area (TPSA) is 46.3 Å². The van der Waals surface area contributed by atoms with Crippen LogP contribution in [-0.4, -0.2) is 17.3 Å². The van der Waals surface area contributed by atoms with Crippen molar-refractivity contribution in [2.45, 2.75) is 12.5 Å². The molecule has 21 heavy (non-hydrogen) atoms. The Labute approximate surface area is 119 Å². The molecule has 6 heteroatoms. The monoisotopic (exact) mass is 294 g/mol. The Morgan fingerprint density at radius 2 is 1.48 bits per heavy atom. The normalized spacial score (nSPS) is 12.4. The highest BCUT2D eigenvalue weighted by Gasteiger charge is 2.24. The molecular weight excluding hydrogens is 281 g/mol. The summed E-state index contributed by atoms with van der Waals surface area (Å²) in [5.74, 6) is -1.41. The Balaban J connectivity index is 2.15. The third kappa shape index (κ3) is 3.82. The Hall–Kier alpha value is -2.34. The summed E-state index contributed by atoms with van der Waals surface area (Å²) < 4.78 is 37.9. The quantitative estimate of drug-likeness (QED) is 0.862. The fourth-order valence-electron chi connectivity index (χ4n) is 1.96. The molecule has 0 aliphatic carbocycles. The SMILES string of the molecule is NC(=O)[C@H](Cc1ccc(-c2ccc(F)cc2)cc1)N(F)F. The Bertz CT molecular complexity index is 612. The number of benzene rings is 2. The van der Waals surface area contributed by atoms with Gasteiger partial charge in [0.1, 0.15) is 5.82 Å². The molecule has 1 amide bonds. The number of nitrogens with zero attached hydrogens (tertiary/aromatic N) is 1. The van der Waals surface area contributed by atoms with Gasteiger partial charge in [0.05, 0.1) is 0 Å². The van der Waals surface area contributed by atoms with Crippen LogP contribution in [0, 0.1) is 5.82 Å². The van der Waals surface area contributed by atoms with E-state index in [2.05, 4.69) is 0 Å². The van der Waals surface area contributed by atoms with Crippen molar-refractivity contribution in [2.24, 2.45) is 5.73 Å². The van der Waals surface area contributed by atoms with Crippen molar-refractivity contribution in [1.29, 1.82) is 0 Å². The van der Waals surface area contributed by atoms with Gasteiger partial charge < -0.3 is 5.73 Å². The van der Waals surface area contributed by atoms with Crippen molar-refractivity contribution in [3.8, 4) is 11.1 Å². The maximum absolute atomic E-state index is 12.8. The van der Waals surface area contributed by atoms with E-state index >= 15 is 0 Å². The second-order valence-corrected chi connectivity index (χ2v) is 4.59. The number of amides is 1. The number of hydrogen-bond acceptors (Lipinski definition) is 2. The van der Waals surface area contributed by atoms with Crippen LogP contribution in [0.2, 0.25) is 0 Å². The van der Waals surface area contributed by atoms with Crippen LogP contribution in [0.1, 0.15) is 5.56 Å². The van der Waals surface area contributed by atoms with E-state index in [1.165, 1.54) is 12.1 Å². The summed E-state index contributed by atoms with van der Waals surface area (Å²) >= 11 is 0. The van der Waals surface area contributed by atoms with Crippen molar-refractivity contribution in [3.05, 3.63) is 59.9 Å². The lowest BCUT2D eigenvalue weighted by molar-refractivity contribution is -0.190. The zero-order valence-electron chi connectivity index (χ0n) is 11.0. The van der Waals surface area contributed by atoms with Gasteiger partial charge in [-0.15, -0.1) is 8.96 Å². The van der Waals surface area contributed by atoms with Crippen molar-refractivity contribution in [2.75, 3.05) is 0 Å². The number of carbonyl (C=O) groups is 1. The second-order valence-electron chi connectivity index (χ2n) is 4.59. The molecule has 0 aliphatic rings. The van der Waals surface area contributed by atoms with Gasteiger partial charge >= 0.3 is 0 Å². The molecule has 0 aliphatic heterocycles. The second kappa shape index (κ2) is 6.41. The first-order chi connectivity index (χ1) is 9.97. The molecule has 0 unspecified atom stereocenters. The van der Waals surface area contributed by atoms with Gasteiger partial charge in [0.25, 0.3) is 0 Å². The molecule has 2 N–H and O–H groups in total. The number of rotatable bonds is 5. The van der Waals surface area contributed by atoms with E-state index in [9.17, 15) is 18.1 Å². The summed E-state index contributed by atoms with van der Waals surface area (Å²) in [6.07, 6.45) is -0.175. The van der Waals surface area contributed by atoms with Crippen molar-refractivity contribution >= 4 is 5.91 Å². The Morgan fingerprint density at radius 3 is 1.90 bits per heavy atom. The molecule has 110 valence electrons. The third-order valence-electron chi connectivity index (χ3n) is 3.12. The molecule has 0 bridgehead atoms. The minimum Gasteiger partial charge on any atom is -0.368 e. The third-order valence-corrected chi connectivity index (χ3v) is 3.12. The molecule has 0 heterocycles. The zero-order valence-corrected chi connectivity index (χ0v) is 11.0. The van der Waals surface area contributed by atoms with E-state index in [-0.39, 0.29) is 12.2 Å². The van der Waals surface area contributed by atoms with Crippen LogP contribution in [-0.2, 0) is 11.2 Å². The summed E-state index contributed by atoms with van der Waals surface area (Å²) in [6.45, 7) is 0. The summed E-state index contributed by atoms with van der Waals surface area (Å²) in [5, 5.41) is -1.18. The predicted octanol–water partition coefficient (Wildman–Crippen LogP) is 2.96. The van der Waals surface area contributed by atoms with Crippen LogP contribution in [0.5, 0.6) is 0 Å². The van der Waals surface area contributed by atoms with Crippen LogP contribution in [0.3, 0.4) is 0 Å². The zero-order chi connectivity index (χ0) is 15.4. The largest absolute Gasteiger partial charge is 0.368 e. The molecule has 0 fully saturated rings. The molecule has 3 nitrogen and oxygen atoms in total. The fourth-order valence-corrected chi connectivity index (χ4v) is 1.96. The van der Waals surface area contributed by atoms with Crippen LogP contribution in [0.15, 0.2) is 48.5 Å². The maximum atomic E-state index is 12.8. The van der Waals surface area contributed by atoms with E-state index in [0.29, 0.717) is 5.56 Å². The maximum Gasteiger partial charge on any atom is 0.240 e. The van der Waals surface area contributed by atoms with Crippen molar-refractivity contribution in [1.82, 2.24) is 5.34 Å². The van der Waals surface area contributed by atoms with Gasteiger partial charge in [-0.1, -0.05) is 36.4 Å². The molecular formula is C15H13F3N2O. The molecule has 1 atom stereocenters. The highest BCUT2D eigenvalue weighted by atomic mass is 19.4. The first-order valence-electron chi connectivity index (χ1n) is 6.22. The summed E-state index contributed by atoms with van der Waals surface area (Å²) in [7, 11) is 0. The molecule has 2 rings (SSSR count). The van der Waals surface area contributed by atoms with E-state index in [1.807, 2.05) is 0 Å². The standard InChI is InChI=1S/C15H13F3N2O/c16-13-7-5-12(6-8-13)11-3-1-10(2-4-11)9-14(15(19)21)20(17)18/h1-8,14H,9H2,(H2,19,21)/t14-/m0/s1. The Morgan fingerprint density at radius 1 is 1.00 bits per heavy atom. The molecule has 0 spiro atoms. The molecule has 0 saturated carbocycles. The predicted molar refractivity (Wildman–Crippen MR) is 72.6 cm³/mol. The minimum atomic E-state index is -1.65. The molecule has 2 aromatic rings. The summed E-state index contributed by atoms with van der Waals surface area (Å²) in [5.41, 5.74) is 7.12. The fraction of sp³-hybridized carbons (Fsp3) is 0.133. The lowest BCUT2D eigenvalue weighted by Gasteiger charge is -2.13. The van der Waals surface area contributed by atoms with Gasteiger partial charge in [-0.2, -0.15) is 0 Å². The van der Waals surface area contributed by atoms with E-state index in [0.717, 1.165) is 11.1 Å². The van der Waals surface area contributed by atoms with Gasteiger partial charge in [0, 0.05) is 11.8 Å².